The van der Waals surface area contributed by atoms with E-state index in [1.54, 1.807) is 13.0 Å². The lowest BCUT2D eigenvalue weighted by atomic mass is 9.84. The number of nitrogens with one attached hydrogen (secondary N) is 1. The first-order chi connectivity index (χ1) is 9.86. The number of aryl methyl sites for hydroxylation is 1. The van der Waals surface area contributed by atoms with E-state index in [4.69, 9.17) is 5.73 Å². The lowest BCUT2D eigenvalue weighted by Gasteiger charge is -2.26. The highest BCUT2D eigenvalue weighted by Gasteiger charge is 2.35. The second-order valence-corrected chi connectivity index (χ2v) is 5.88. The third-order valence-electron chi connectivity index (χ3n) is 4.23. The van der Waals surface area contributed by atoms with Crippen LogP contribution in [0.3, 0.4) is 0 Å². The van der Waals surface area contributed by atoms with Gasteiger partial charge in [-0.15, -0.1) is 0 Å². The maximum Gasteiger partial charge on any atom is 0.418 e. The van der Waals surface area contributed by atoms with Crippen molar-refractivity contribution in [1.82, 2.24) is 9.97 Å². The number of nitrogens with two attached hydrogens (primary N) is 1. The van der Waals surface area contributed by atoms with E-state index in [1.807, 2.05) is 0 Å². The van der Waals surface area contributed by atoms with Gasteiger partial charge in [-0.05, 0) is 37.5 Å². The summed E-state index contributed by atoms with van der Waals surface area (Å²) in [5, 5.41) is 0. The molecule has 3 nitrogen and oxygen atoms in total. The number of H-pyrrole nitrogens is 1. The Morgan fingerprint density at radius 3 is 2.62 bits per heavy atom. The zero-order chi connectivity index (χ0) is 15.2. The van der Waals surface area contributed by atoms with E-state index in [2.05, 4.69) is 9.97 Å². The van der Waals surface area contributed by atoms with E-state index < -0.39 is 11.7 Å². The van der Waals surface area contributed by atoms with Gasteiger partial charge >= 0.3 is 6.18 Å². The third kappa shape index (κ3) is 2.64. The Bertz CT molecular complexity index is 660. The van der Waals surface area contributed by atoms with Crippen LogP contribution in [0.5, 0.6) is 0 Å². The maximum atomic E-state index is 13.2. The van der Waals surface area contributed by atoms with E-state index in [0.717, 1.165) is 31.7 Å². The summed E-state index contributed by atoms with van der Waals surface area (Å²) in [7, 11) is 0. The number of imidazole rings is 1. The lowest BCUT2D eigenvalue weighted by molar-refractivity contribution is -0.136. The highest BCUT2D eigenvalue weighted by atomic mass is 19.4. The molecule has 1 unspecified atom stereocenters. The molecule has 3 N–H and O–H groups in total. The molecule has 3 rings (SSSR count). The van der Waals surface area contributed by atoms with Gasteiger partial charge in [-0.25, -0.2) is 4.98 Å². The molecule has 2 aromatic rings. The summed E-state index contributed by atoms with van der Waals surface area (Å²) >= 11 is 0. The van der Waals surface area contributed by atoms with E-state index in [9.17, 15) is 13.2 Å². The number of benzene rings is 1. The molecule has 0 aliphatic heterocycles. The van der Waals surface area contributed by atoms with Gasteiger partial charge in [0.15, 0.2) is 0 Å². The van der Waals surface area contributed by atoms with Crippen LogP contribution in [0.25, 0.3) is 11.0 Å². The van der Waals surface area contributed by atoms with E-state index in [0.29, 0.717) is 16.9 Å². The molecule has 1 fully saturated rings. The molecule has 0 amide bonds. The van der Waals surface area contributed by atoms with E-state index in [-0.39, 0.29) is 17.5 Å². The third-order valence-corrected chi connectivity index (χ3v) is 4.23. The molecule has 6 heteroatoms. The molecule has 0 radical (unpaired) electrons. The first kappa shape index (κ1) is 14.4. The van der Waals surface area contributed by atoms with Gasteiger partial charge in [0.1, 0.15) is 5.82 Å². The average molecular weight is 297 g/mol. The van der Waals surface area contributed by atoms with Gasteiger partial charge in [0.25, 0.3) is 0 Å². The number of halogens is 3. The van der Waals surface area contributed by atoms with Crippen molar-refractivity contribution in [3.05, 3.63) is 29.1 Å². The number of nitrogens with zero attached hydrogens (tertiary/aromatic N) is 1. The minimum atomic E-state index is -4.39. The number of hydrogen-bond acceptors (Lipinski definition) is 2. The minimum Gasteiger partial charge on any atom is -0.341 e. The smallest absolute Gasteiger partial charge is 0.341 e. The van der Waals surface area contributed by atoms with Gasteiger partial charge in [0.2, 0.25) is 0 Å². The minimum absolute atomic E-state index is 0.0209. The van der Waals surface area contributed by atoms with Gasteiger partial charge in [0.05, 0.1) is 16.6 Å². The summed E-state index contributed by atoms with van der Waals surface area (Å²) in [6, 6.07) is 2.80. The van der Waals surface area contributed by atoms with Crippen molar-refractivity contribution in [2.45, 2.75) is 50.7 Å². The quantitative estimate of drug-likeness (QED) is 0.839. The molecule has 0 saturated heterocycles. The summed E-state index contributed by atoms with van der Waals surface area (Å²) in [4.78, 5) is 7.27. The van der Waals surface area contributed by atoms with Crippen molar-refractivity contribution in [2.75, 3.05) is 0 Å². The number of hydrogen-bond donors (Lipinski definition) is 2. The molecule has 114 valence electrons. The first-order valence-electron chi connectivity index (χ1n) is 7.19. The number of aromatic nitrogens is 2. The van der Waals surface area contributed by atoms with E-state index >= 15 is 0 Å². The zero-order valence-corrected chi connectivity index (χ0v) is 11.8. The van der Waals surface area contributed by atoms with Gasteiger partial charge in [-0.2, -0.15) is 13.2 Å². The van der Waals surface area contributed by atoms with Crippen LogP contribution < -0.4 is 5.73 Å². The molecule has 2 atom stereocenters. The molecule has 1 aromatic heterocycles. The number of rotatable bonds is 1. The van der Waals surface area contributed by atoms with Crippen molar-refractivity contribution in [3.63, 3.8) is 0 Å². The normalized spacial score (nSPS) is 23.7. The van der Waals surface area contributed by atoms with Crippen LogP contribution in [0.15, 0.2) is 12.1 Å². The Hall–Kier alpha value is -1.56. The standard InChI is InChI=1S/C15H18F3N3/c1-8-6-10(15(16,17)18)13-12(7-8)20-14(21-13)9-4-2-3-5-11(9)19/h6-7,9,11H,2-5,19H2,1H3,(H,20,21)/t9?,11-/m0/s1. The molecule has 1 aliphatic carbocycles. The van der Waals surface area contributed by atoms with Gasteiger partial charge in [-0.1, -0.05) is 12.8 Å². The van der Waals surface area contributed by atoms with Crippen molar-refractivity contribution < 1.29 is 13.2 Å². The molecule has 0 bridgehead atoms. The van der Waals surface area contributed by atoms with Crippen LogP contribution in [-0.2, 0) is 6.18 Å². The first-order valence-corrected chi connectivity index (χ1v) is 7.19. The Morgan fingerprint density at radius 1 is 1.24 bits per heavy atom. The largest absolute Gasteiger partial charge is 0.418 e. The van der Waals surface area contributed by atoms with Gasteiger partial charge in [0, 0.05) is 12.0 Å². The lowest BCUT2D eigenvalue weighted by Crippen LogP contribution is -2.31. The Kier molecular flexibility index (Phi) is 3.43. The SMILES string of the molecule is Cc1cc(C(F)(F)F)c2[nH]c(C3CCCC[C@@H]3N)nc2c1. The molecule has 1 heterocycles. The van der Waals surface area contributed by atoms with Crippen LogP contribution in [0.2, 0.25) is 0 Å². The van der Waals surface area contributed by atoms with Gasteiger partial charge in [-0.3, -0.25) is 0 Å². The fraction of sp³-hybridized carbons (Fsp3) is 0.533. The molecule has 21 heavy (non-hydrogen) atoms. The van der Waals surface area contributed by atoms with Crippen molar-refractivity contribution in [1.29, 1.82) is 0 Å². The fourth-order valence-electron chi connectivity index (χ4n) is 3.17. The molecule has 0 spiro atoms. The van der Waals surface area contributed by atoms with E-state index in [1.165, 1.54) is 0 Å². The number of aromatic amines is 1. The van der Waals surface area contributed by atoms with Crippen LogP contribution in [-0.4, -0.2) is 16.0 Å². The molecule has 1 saturated carbocycles. The number of fused-ring (bicyclic) bond motifs is 1. The molecular weight excluding hydrogens is 279 g/mol. The molecule has 1 aliphatic rings. The predicted octanol–water partition coefficient (Wildman–Crippen LogP) is 3.88. The monoisotopic (exact) mass is 297 g/mol. The van der Waals surface area contributed by atoms with Crippen molar-refractivity contribution in [2.24, 2.45) is 5.73 Å². The predicted molar refractivity (Wildman–Crippen MR) is 75.0 cm³/mol. The maximum absolute atomic E-state index is 13.2. The van der Waals surface area contributed by atoms with Gasteiger partial charge < -0.3 is 10.7 Å². The molecular formula is C15H18F3N3. The summed E-state index contributed by atoms with van der Waals surface area (Å²) in [5.74, 6) is 0.612. The van der Waals surface area contributed by atoms with Crippen molar-refractivity contribution >= 4 is 11.0 Å². The fourth-order valence-corrected chi connectivity index (χ4v) is 3.17. The van der Waals surface area contributed by atoms with Crippen LogP contribution in [0.1, 0.15) is 48.6 Å². The Labute approximate surface area is 120 Å². The summed E-state index contributed by atoms with van der Waals surface area (Å²) in [5.41, 5.74) is 6.45. The second kappa shape index (κ2) is 5.02. The Morgan fingerprint density at radius 2 is 1.95 bits per heavy atom. The summed E-state index contributed by atoms with van der Waals surface area (Å²) < 4.78 is 39.5. The van der Waals surface area contributed by atoms with Crippen LogP contribution in [0.4, 0.5) is 13.2 Å². The highest BCUT2D eigenvalue weighted by Crippen LogP contribution is 2.37. The van der Waals surface area contributed by atoms with Crippen LogP contribution in [0, 0.1) is 6.92 Å². The second-order valence-electron chi connectivity index (χ2n) is 5.88. The summed E-state index contributed by atoms with van der Waals surface area (Å²) in [6.07, 6.45) is -0.498. The van der Waals surface area contributed by atoms with Crippen molar-refractivity contribution in [3.8, 4) is 0 Å². The summed E-state index contributed by atoms with van der Waals surface area (Å²) in [6.45, 7) is 1.65. The highest BCUT2D eigenvalue weighted by molar-refractivity contribution is 5.80. The topological polar surface area (TPSA) is 54.7 Å². The van der Waals surface area contributed by atoms with Crippen LogP contribution >= 0.6 is 0 Å². The molecule has 1 aromatic carbocycles. The zero-order valence-electron chi connectivity index (χ0n) is 11.8. The average Bonchev–Trinajstić information content (AvgIpc) is 2.80. The Balaban J connectivity index is 2.11. The number of alkyl halides is 3.